The van der Waals surface area contributed by atoms with Gasteiger partial charge >= 0.3 is 5.97 Å². The second kappa shape index (κ2) is 9.80. The number of carbonyl (C=O) groups excluding carboxylic acids is 1. The summed E-state index contributed by atoms with van der Waals surface area (Å²) in [7, 11) is -3.33. The summed E-state index contributed by atoms with van der Waals surface area (Å²) in [5.74, 6) is -0.0768. The van der Waals surface area contributed by atoms with Gasteiger partial charge in [0.2, 0.25) is 0 Å². The molecular formula is C21H21NO6S3. The molecule has 2 aromatic rings. The number of thioether (sulfide) groups is 1. The van der Waals surface area contributed by atoms with Crippen LogP contribution in [0, 0.1) is 0 Å². The number of rotatable bonds is 9. The summed E-state index contributed by atoms with van der Waals surface area (Å²) in [6.07, 6.45) is 4.83. The number of furan rings is 1. The van der Waals surface area contributed by atoms with Crippen LogP contribution in [0.1, 0.15) is 31.4 Å². The summed E-state index contributed by atoms with van der Waals surface area (Å²) in [4.78, 5) is 25.4. The lowest BCUT2D eigenvalue weighted by atomic mass is 10.2. The number of nitrogens with zero attached hydrogens (tertiary/aromatic N) is 1. The van der Waals surface area contributed by atoms with Crippen molar-refractivity contribution < 1.29 is 27.5 Å². The van der Waals surface area contributed by atoms with Gasteiger partial charge in [0.05, 0.1) is 9.80 Å². The maximum Gasteiger partial charge on any atom is 0.303 e. The van der Waals surface area contributed by atoms with Gasteiger partial charge in [-0.2, -0.15) is 0 Å². The molecule has 1 aromatic heterocycles. The lowest BCUT2D eigenvalue weighted by Gasteiger charge is -2.13. The Labute approximate surface area is 190 Å². The fraction of sp³-hybridized carbons (Fsp3) is 0.286. The van der Waals surface area contributed by atoms with E-state index in [1.54, 1.807) is 36.4 Å². The number of amides is 1. The largest absolute Gasteiger partial charge is 0.481 e. The first-order valence-corrected chi connectivity index (χ1v) is 12.6. The molecule has 0 saturated carbocycles. The first-order valence-electron chi connectivity index (χ1n) is 9.52. The first-order chi connectivity index (χ1) is 14.6. The zero-order valence-corrected chi connectivity index (χ0v) is 19.2. The molecule has 1 aromatic carbocycles. The molecule has 0 atom stereocenters. The number of benzene rings is 1. The van der Waals surface area contributed by atoms with Crippen molar-refractivity contribution in [3.8, 4) is 11.3 Å². The Balaban J connectivity index is 1.68. The van der Waals surface area contributed by atoms with Gasteiger partial charge in [-0.05, 0) is 37.1 Å². The molecule has 7 nitrogen and oxygen atoms in total. The molecule has 31 heavy (non-hydrogen) atoms. The smallest absolute Gasteiger partial charge is 0.303 e. The monoisotopic (exact) mass is 479 g/mol. The Hall–Kier alpha value is -2.43. The Morgan fingerprint density at radius 3 is 2.71 bits per heavy atom. The van der Waals surface area contributed by atoms with Crippen LogP contribution in [0.4, 0.5) is 0 Å². The summed E-state index contributed by atoms with van der Waals surface area (Å²) in [5.41, 5.74) is 0.622. The van der Waals surface area contributed by atoms with E-state index in [2.05, 4.69) is 0 Å². The van der Waals surface area contributed by atoms with Gasteiger partial charge in [-0.25, -0.2) is 8.42 Å². The van der Waals surface area contributed by atoms with Crippen LogP contribution in [0.3, 0.4) is 0 Å². The predicted molar refractivity (Wildman–Crippen MR) is 123 cm³/mol. The Bertz CT molecular complexity index is 1150. The van der Waals surface area contributed by atoms with Crippen molar-refractivity contribution >= 4 is 56.1 Å². The molecule has 0 aliphatic carbocycles. The minimum Gasteiger partial charge on any atom is -0.481 e. The highest BCUT2D eigenvalue weighted by atomic mass is 32.2. The molecule has 0 radical (unpaired) electrons. The van der Waals surface area contributed by atoms with Crippen LogP contribution in [-0.2, 0) is 19.4 Å². The standard InChI is InChI=1S/C21H21NO6S3/c1-31(26,27)16-7-5-6-14(12-16)17-10-9-15(28-17)13-18-20(25)22(21(29)30-18)11-4-2-3-8-19(23)24/h5-7,9-10,12-13H,2-4,8,11H2,1H3,(H,23,24)/b18-13-. The van der Waals surface area contributed by atoms with Crippen LogP contribution in [0.25, 0.3) is 17.4 Å². The number of carboxylic acid groups (broad SMARTS) is 1. The van der Waals surface area contributed by atoms with Crippen LogP contribution in [-0.4, -0.2) is 47.4 Å². The minimum atomic E-state index is -3.33. The van der Waals surface area contributed by atoms with E-state index < -0.39 is 15.8 Å². The SMILES string of the molecule is CS(=O)(=O)c1cccc(-c2ccc(/C=C3\SC(=S)N(CCCCCC(=O)O)C3=O)o2)c1. The number of carboxylic acids is 1. The van der Waals surface area contributed by atoms with Gasteiger partial charge in [0, 0.05) is 30.9 Å². The highest BCUT2D eigenvalue weighted by molar-refractivity contribution is 8.26. The Kier molecular flexibility index (Phi) is 7.34. The number of hydrogen-bond donors (Lipinski definition) is 1. The van der Waals surface area contributed by atoms with Crippen LogP contribution in [0.15, 0.2) is 50.6 Å². The number of unbranched alkanes of at least 4 members (excludes halogenated alkanes) is 2. The van der Waals surface area contributed by atoms with E-state index in [-0.39, 0.29) is 17.2 Å². The summed E-state index contributed by atoms with van der Waals surface area (Å²) in [6, 6.07) is 9.89. The topological polar surface area (TPSA) is 105 Å². The molecule has 2 heterocycles. The average molecular weight is 480 g/mol. The Morgan fingerprint density at radius 2 is 2.00 bits per heavy atom. The molecule has 1 amide bonds. The quantitative estimate of drug-likeness (QED) is 0.324. The second-order valence-electron chi connectivity index (χ2n) is 7.04. The normalized spacial score (nSPS) is 15.8. The molecule has 1 fully saturated rings. The molecule has 1 N–H and O–H groups in total. The molecule has 1 aliphatic rings. The Morgan fingerprint density at radius 1 is 1.23 bits per heavy atom. The number of hydrogen-bond acceptors (Lipinski definition) is 7. The van der Waals surface area contributed by atoms with Gasteiger partial charge in [0.1, 0.15) is 15.8 Å². The van der Waals surface area contributed by atoms with Crippen molar-refractivity contribution in [1.29, 1.82) is 0 Å². The maximum absolute atomic E-state index is 12.7. The van der Waals surface area contributed by atoms with Crippen LogP contribution in [0.5, 0.6) is 0 Å². The molecule has 0 bridgehead atoms. The predicted octanol–water partition coefficient (Wildman–Crippen LogP) is 4.20. The molecule has 164 valence electrons. The van der Waals surface area contributed by atoms with Crippen molar-refractivity contribution in [3.05, 3.63) is 47.1 Å². The number of thiocarbonyl (C=S) groups is 1. The highest BCUT2D eigenvalue weighted by Gasteiger charge is 2.31. The van der Waals surface area contributed by atoms with Crippen LogP contribution < -0.4 is 0 Å². The van der Waals surface area contributed by atoms with E-state index in [0.717, 1.165) is 6.26 Å². The van der Waals surface area contributed by atoms with E-state index in [9.17, 15) is 18.0 Å². The van der Waals surface area contributed by atoms with Crippen molar-refractivity contribution in [3.63, 3.8) is 0 Å². The van der Waals surface area contributed by atoms with Crippen molar-refractivity contribution in [2.75, 3.05) is 12.8 Å². The number of sulfone groups is 1. The van der Waals surface area contributed by atoms with Crippen molar-refractivity contribution in [2.24, 2.45) is 0 Å². The molecule has 0 unspecified atom stereocenters. The first kappa shape index (κ1) is 23.2. The van der Waals surface area contributed by atoms with Crippen LogP contribution >= 0.6 is 24.0 Å². The van der Waals surface area contributed by atoms with Gasteiger partial charge in [-0.3, -0.25) is 14.5 Å². The number of carbonyl (C=O) groups is 2. The average Bonchev–Trinajstić information content (AvgIpc) is 3.27. The number of aliphatic carboxylic acids is 1. The third kappa shape index (κ3) is 6.05. The molecule has 0 spiro atoms. The van der Waals surface area contributed by atoms with E-state index in [0.29, 0.717) is 52.1 Å². The third-order valence-electron chi connectivity index (χ3n) is 4.59. The zero-order chi connectivity index (χ0) is 22.6. The third-order valence-corrected chi connectivity index (χ3v) is 7.08. The van der Waals surface area contributed by atoms with Crippen LogP contribution in [0.2, 0.25) is 0 Å². The summed E-state index contributed by atoms with van der Waals surface area (Å²) in [5, 5.41) is 8.68. The zero-order valence-electron chi connectivity index (χ0n) is 16.7. The minimum absolute atomic E-state index is 0.117. The van der Waals surface area contributed by atoms with Gasteiger partial charge in [-0.1, -0.05) is 42.5 Å². The van der Waals surface area contributed by atoms with Crippen molar-refractivity contribution in [2.45, 2.75) is 30.6 Å². The lowest BCUT2D eigenvalue weighted by molar-refractivity contribution is -0.137. The molecular weight excluding hydrogens is 458 g/mol. The second-order valence-corrected chi connectivity index (χ2v) is 10.7. The van der Waals surface area contributed by atoms with Crippen molar-refractivity contribution in [1.82, 2.24) is 4.90 Å². The molecule has 1 aliphatic heterocycles. The van der Waals surface area contributed by atoms with E-state index >= 15 is 0 Å². The molecule has 3 rings (SSSR count). The van der Waals surface area contributed by atoms with Gasteiger partial charge in [0.15, 0.2) is 9.84 Å². The lowest BCUT2D eigenvalue weighted by Crippen LogP contribution is -2.29. The summed E-state index contributed by atoms with van der Waals surface area (Å²) in [6.45, 7) is 0.448. The van der Waals surface area contributed by atoms with E-state index in [4.69, 9.17) is 21.7 Å². The van der Waals surface area contributed by atoms with Gasteiger partial charge < -0.3 is 9.52 Å². The summed E-state index contributed by atoms with van der Waals surface area (Å²) >= 11 is 6.50. The molecule has 10 heteroatoms. The fourth-order valence-corrected chi connectivity index (χ4v) is 4.97. The van der Waals surface area contributed by atoms with Gasteiger partial charge in [-0.15, -0.1) is 0 Å². The van der Waals surface area contributed by atoms with E-state index in [1.807, 2.05) is 0 Å². The molecule has 1 saturated heterocycles. The summed E-state index contributed by atoms with van der Waals surface area (Å²) < 4.78 is 29.8. The highest BCUT2D eigenvalue weighted by Crippen LogP contribution is 2.34. The van der Waals surface area contributed by atoms with Gasteiger partial charge in [0.25, 0.3) is 5.91 Å². The maximum atomic E-state index is 12.7. The van der Waals surface area contributed by atoms with E-state index in [1.165, 1.54) is 22.7 Å². The fourth-order valence-electron chi connectivity index (χ4n) is 3.01.